The molecule has 0 aliphatic heterocycles. The van der Waals surface area contributed by atoms with E-state index in [0.29, 0.717) is 12.1 Å². The van der Waals surface area contributed by atoms with Crippen molar-refractivity contribution in [3.63, 3.8) is 0 Å². The minimum Gasteiger partial charge on any atom is -0.313 e. The number of hydrogen-bond acceptors (Lipinski definition) is 3. The highest BCUT2D eigenvalue weighted by molar-refractivity contribution is 4.77. The third-order valence-corrected chi connectivity index (χ3v) is 3.17. The molecule has 3 heteroatoms. The Morgan fingerprint density at radius 1 is 1.00 bits per heavy atom. The molecule has 0 bridgehead atoms. The Balaban J connectivity index is 4.15. The van der Waals surface area contributed by atoms with Gasteiger partial charge < -0.3 is 10.2 Å². The SMILES string of the molecule is CCCN(CCN(C)C)C(C)C(C)NCC. The van der Waals surface area contributed by atoms with Crippen LogP contribution in [0.25, 0.3) is 0 Å². The fourth-order valence-electron chi connectivity index (χ4n) is 1.94. The summed E-state index contributed by atoms with van der Waals surface area (Å²) in [5, 5.41) is 3.52. The molecule has 2 unspecified atom stereocenters. The van der Waals surface area contributed by atoms with Crippen molar-refractivity contribution in [1.29, 1.82) is 0 Å². The van der Waals surface area contributed by atoms with E-state index in [0.717, 1.165) is 19.6 Å². The Hall–Kier alpha value is -0.120. The Bertz CT molecular complexity index is 159. The fourth-order valence-corrected chi connectivity index (χ4v) is 1.94. The first kappa shape index (κ1) is 15.9. The number of rotatable bonds is 9. The summed E-state index contributed by atoms with van der Waals surface area (Å²) in [4.78, 5) is 4.85. The molecule has 0 amide bonds. The highest BCUT2D eigenvalue weighted by atomic mass is 15.2. The molecule has 16 heavy (non-hydrogen) atoms. The van der Waals surface area contributed by atoms with E-state index >= 15 is 0 Å². The van der Waals surface area contributed by atoms with Gasteiger partial charge in [0.2, 0.25) is 0 Å². The highest BCUT2D eigenvalue weighted by Crippen LogP contribution is 2.05. The molecule has 0 aliphatic rings. The molecule has 2 atom stereocenters. The van der Waals surface area contributed by atoms with Crippen LogP contribution in [-0.2, 0) is 0 Å². The third-order valence-electron chi connectivity index (χ3n) is 3.17. The molecule has 0 radical (unpaired) electrons. The molecule has 0 aromatic rings. The van der Waals surface area contributed by atoms with Crippen LogP contribution >= 0.6 is 0 Å². The van der Waals surface area contributed by atoms with Crippen molar-refractivity contribution in [2.45, 2.75) is 46.2 Å². The number of likely N-dealkylation sites (N-methyl/N-ethyl adjacent to an activating group) is 2. The molecule has 0 heterocycles. The Morgan fingerprint density at radius 2 is 1.62 bits per heavy atom. The predicted molar refractivity (Wildman–Crippen MR) is 73.0 cm³/mol. The van der Waals surface area contributed by atoms with E-state index in [1.807, 2.05) is 0 Å². The lowest BCUT2D eigenvalue weighted by molar-refractivity contribution is 0.161. The van der Waals surface area contributed by atoms with E-state index in [1.54, 1.807) is 0 Å². The van der Waals surface area contributed by atoms with E-state index in [9.17, 15) is 0 Å². The fraction of sp³-hybridized carbons (Fsp3) is 1.00. The topological polar surface area (TPSA) is 18.5 Å². The maximum absolute atomic E-state index is 3.52. The van der Waals surface area contributed by atoms with Crippen LogP contribution in [0, 0.1) is 0 Å². The van der Waals surface area contributed by atoms with Crippen LogP contribution in [0.2, 0.25) is 0 Å². The highest BCUT2D eigenvalue weighted by Gasteiger charge is 2.18. The summed E-state index contributed by atoms with van der Waals surface area (Å²) in [5.74, 6) is 0. The third kappa shape index (κ3) is 6.46. The van der Waals surface area contributed by atoms with Gasteiger partial charge >= 0.3 is 0 Å². The zero-order valence-electron chi connectivity index (χ0n) is 12.1. The standard InChI is InChI=1S/C13H31N3/c1-7-9-16(11-10-15(5)6)13(4)12(3)14-8-2/h12-14H,7-11H2,1-6H3. The molecular weight excluding hydrogens is 198 g/mol. The second-order valence-corrected chi connectivity index (χ2v) is 4.93. The normalized spacial score (nSPS) is 15.8. The molecule has 0 rings (SSSR count). The number of nitrogens with one attached hydrogen (secondary N) is 1. The molecule has 0 fully saturated rings. The average Bonchev–Trinajstić information content (AvgIpc) is 2.23. The first-order valence-corrected chi connectivity index (χ1v) is 6.65. The minimum atomic E-state index is 0.568. The van der Waals surface area contributed by atoms with Gasteiger partial charge in [-0.2, -0.15) is 0 Å². The van der Waals surface area contributed by atoms with Crippen LogP contribution in [0.1, 0.15) is 34.1 Å². The number of nitrogens with zero attached hydrogens (tertiary/aromatic N) is 2. The van der Waals surface area contributed by atoms with Crippen molar-refractivity contribution in [2.75, 3.05) is 40.3 Å². The molecule has 1 N–H and O–H groups in total. The second-order valence-electron chi connectivity index (χ2n) is 4.93. The van der Waals surface area contributed by atoms with Gasteiger partial charge in [-0.3, -0.25) is 4.90 Å². The first-order valence-electron chi connectivity index (χ1n) is 6.65. The van der Waals surface area contributed by atoms with E-state index in [2.05, 4.69) is 56.9 Å². The molecule has 0 saturated carbocycles. The largest absolute Gasteiger partial charge is 0.313 e. The van der Waals surface area contributed by atoms with Gasteiger partial charge in [-0.05, 0) is 47.5 Å². The zero-order valence-corrected chi connectivity index (χ0v) is 12.1. The van der Waals surface area contributed by atoms with Gasteiger partial charge in [0, 0.05) is 25.2 Å². The number of hydrogen-bond donors (Lipinski definition) is 1. The molecule has 0 spiro atoms. The molecule has 0 aliphatic carbocycles. The molecule has 0 aromatic carbocycles. The van der Waals surface area contributed by atoms with Gasteiger partial charge in [0.15, 0.2) is 0 Å². The van der Waals surface area contributed by atoms with Gasteiger partial charge in [0.25, 0.3) is 0 Å². The summed E-state index contributed by atoms with van der Waals surface area (Å²) in [7, 11) is 4.28. The van der Waals surface area contributed by atoms with Crippen LogP contribution < -0.4 is 5.32 Å². The molecular formula is C13H31N3. The van der Waals surface area contributed by atoms with Crippen molar-refractivity contribution in [2.24, 2.45) is 0 Å². The summed E-state index contributed by atoms with van der Waals surface area (Å²) in [5.41, 5.74) is 0. The summed E-state index contributed by atoms with van der Waals surface area (Å²) >= 11 is 0. The average molecular weight is 229 g/mol. The van der Waals surface area contributed by atoms with E-state index in [4.69, 9.17) is 0 Å². The maximum Gasteiger partial charge on any atom is 0.0218 e. The minimum absolute atomic E-state index is 0.568. The molecule has 0 saturated heterocycles. The zero-order chi connectivity index (χ0) is 12.6. The van der Waals surface area contributed by atoms with Crippen LogP contribution in [0.4, 0.5) is 0 Å². The summed E-state index contributed by atoms with van der Waals surface area (Å²) in [6.07, 6.45) is 1.23. The second kappa shape index (κ2) is 8.97. The quantitative estimate of drug-likeness (QED) is 0.648. The Kier molecular flexibility index (Phi) is 8.90. The van der Waals surface area contributed by atoms with Crippen LogP contribution in [-0.4, -0.2) is 62.2 Å². The first-order chi connectivity index (χ1) is 7.52. The van der Waals surface area contributed by atoms with Crippen molar-refractivity contribution < 1.29 is 0 Å². The lowest BCUT2D eigenvalue weighted by atomic mass is 10.1. The predicted octanol–water partition coefficient (Wildman–Crippen LogP) is 1.65. The monoisotopic (exact) mass is 229 g/mol. The van der Waals surface area contributed by atoms with Crippen LogP contribution in [0.5, 0.6) is 0 Å². The van der Waals surface area contributed by atoms with E-state index < -0.39 is 0 Å². The lowest BCUT2D eigenvalue weighted by Gasteiger charge is -2.34. The van der Waals surface area contributed by atoms with Gasteiger partial charge in [-0.25, -0.2) is 0 Å². The van der Waals surface area contributed by atoms with Gasteiger partial charge in [-0.15, -0.1) is 0 Å². The van der Waals surface area contributed by atoms with E-state index in [-0.39, 0.29) is 0 Å². The summed E-state index contributed by atoms with van der Waals surface area (Å²) in [6.45, 7) is 13.6. The van der Waals surface area contributed by atoms with Crippen molar-refractivity contribution in [1.82, 2.24) is 15.1 Å². The van der Waals surface area contributed by atoms with Crippen LogP contribution in [0.3, 0.4) is 0 Å². The summed E-state index contributed by atoms with van der Waals surface area (Å²) < 4.78 is 0. The summed E-state index contributed by atoms with van der Waals surface area (Å²) in [6, 6.07) is 1.18. The maximum atomic E-state index is 3.52. The van der Waals surface area contributed by atoms with Gasteiger partial charge in [0.1, 0.15) is 0 Å². The smallest absolute Gasteiger partial charge is 0.0218 e. The Labute approximate surface area is 102 Å². The molecule has 98 valence electrons. The van der Waals surface area contributed by atoms with Crippen molar-refractivity contribution in [3.05, 3.63) is 0 Å². The van der Waals surface area contributed by atoms with E-state index in [1.165, 1.54) is 13.0 Å². The van der Waals surface area contributed by atoms with Crippen LogP contribution in [0.15, 0.2) is 0 Å². The molecule has 0 aromatic heterocycles. The lowest BCUT2D eigenvalue weighted by Crippen LogP contribution is -2.49. The molecule has 3 nitrogen and oxygen atoms in total. The Morgan fingerprint density at radius 3 is 2.06 bits per heavy atom. The van der Waals surface area contributed by atoms with Gasteiger partial charge in [0.05, 0.1) is 0 Å². The van der Waals surface area contributed by atoms with Gasteiger partial charge in [-0.1, -0.05) is 13.8 Å². The van der Waals surface area contributed by atoms with Crippen molar-refractivity contribution >= 4 is 0 Å². The van der Waals surface area contributed by atoms with Crippen molar-refractivity contribution in [3.8, 4) is 0 Å².